The van der Waals surface area contributed by atoms with E-state index >= 15 is 0 Å². The molecule has 8 heteroatoms. The van der Waals surface area contributed by atoms with Gasteiger partial charge in [0.1, 0.15) is 17.2 Å². The van der Waals surface area contributed by atoms with E-state index in [4.69, 9.17) is 21.1 Å². The number of pyridine rings is 1. The smallest absolute Gasteiger partial charge is 0.246 e. The zero-order valence-electron chi connectivity index (χ0n) is 21.3. The molecule has 1 fully saturated rings. The van der Waals surface area contributed by atoms with Gasteiger partial charge >= 0.3 is 0 Å². The lowest BCUT2D eigenvalue weighted by molar-refractivity contribution is -0.125. The topological polar surface area (TPSA) is 80.8 Å². The Morgan fingerprint density at radius 1 is 1.16 bits per heavy atom. The number of methoxy groups -OCH3 is 1. The minimum absolute atomic E-state index is 0.0219. The van der Waals surface area contributed by atoms with Crippen molar-refractivity contribution in [1.29, 1.82) is 0 Å². The molecule has 2 amide bonds. The van der Waals surface area contributed by atoms with E-state index in [2.05, 4.69) is 16.9 Å². The molecule has 0 atom stereocenters. The number of rotatable bonds is 7. The van der Waals surface area contributed by atoms with E-state index in [0.29, 0.717) is 47.5 Å². The van der Waals surface area contributed by atoms with E-state index in [9.17, 15) is 9.59 Å². The molecule has 0 unspecified atom stereocenters. The molecule has 2 aliphatic rings. The zero-order valence-corrected chi connectivity index (χ0v) is 22.1. The third-order valence-electron chi connectivity index (χ3n) is 7.22. The van der Waals surface area contributed by atoms with E-state index in [-0.39, 0.29) is 17.7 Å². The Labute approximate surface area is 227 Å². The van der Waals surface area contributed by atoms with Gasteiger partial charge in [-0.1, -0.05) is 37.1 Å². The van der Waals surface area contributed by atoms with E-state index < -0.39 is 0 Å². The normalized spacial score (nSPS) is 15.7. The van der Waals surface area contributed by atoms with Gasteiger partial charge in [0, 0.05) is 48.3 Å². The van der Waals surface area contributed by atoms with Crippen molar-refractivity contribution in [3.63, 3.8) is 0 Å². The fraction of sp³-hybridized carbons (Fsp3) is 0.300. The minimum atomic E-state index is -0.0755. The molecule has 196 valence electrons. The number of benzene rings is 2. The highest BCUT2D eigenvalue weighted by Crippen LogP contribution is 2.39. The minimum Gasteiger partial charge on any atom is -0.496 e. The second kappa shape index (κ2) is 11.3. The maximum absolute atomic E-state index is 12.5. The summed E-state index contributed by atoms with van der Waals surface area (Å²) in [6, 6.07) is 11.0. The van der Waals surface area contributed by atoms with Gasteiger partial charge in [-0.05, 0) is 55.2 Å². The van der Waals surface area contributed by atoms with Crippen LogP contribution in [0.4, 0.5) is 5.69 Å². The number of hydrogen-bond donors (Lipinski definition) is 1. The molecule has 0 saturated heterocycles. The second-order valence-corrected chi connectivity index (χ2v) is 9.97. The van der Waals surface area contributed by atoms with Gasteiger partial charge in [-0.2, -0.15) is 0 Å². The first-order valence-electron chi connectivity index (χ1n) is 12.8. The summed E-state index contributed by atoms with van der Waals surface area (Å²) < 4.78 is 11.9. The molecule has 1 saturated carbocycles. The number of halogens is 1. The summed E-state index contributed by atoms with van der Waals surface area (Å²) in [5.41, 5.74) is 3.34. The van der Waals surface area contributed by atoms with E-state index in [1.807, 2.05) is 24.3 Å². The van der Waals surface area contributed by atoms with Crippen LogP contribution >= 0.6 is 11.6 Å². The highest BCUT2D eigenvalue weighted by Gasteiger charge is 2.23. The Kier molecular flexibility index (Phi) is 7.65. The average molecular weight is 532 g/mol. The Balaban J connectivity index is 1.41. The molecule has 2 heterocycles. The summed E-state index contributed by atoms with van der Waals surface area (Å²) in [5, 5.41) is 4.20. The predicted molar refractivity (Wildman–Crippen MR) is 150 cm³/mol. The number of ether oxygens (including phenoxy) is 2. The average Bonchev–Trinajstić information content (AvgIpc) is 3.49. The lowest BCUT2D eigenvalue weighted by Crippen LogP contribution is -2.33. The standard InChI is InChI=1S/C30H30ClN3O4/c1-3-29(35)34-14-11-19(12-15-34)22-17-23-26(18-28(22)37-2)32-13-10-27(23)38-21-8-9-25(24(31)16-21)33-30(36)20-6-4-5-7-20/h3,8-11,13,16-18,20H,1,4-7,12,14-15H2,2H3,(H,33,36). The first-order chi connectivity index (χ1) is 18.5. The van der Waals surface area contributed by atoms with Crippen molar-refractivity contribution in [3.8, 4) is 17.2 Å². The second-order valence-electron chi connectivity index (χ2n) is 9.56. The monoisotopic (exact) mass is 531 g/mol. The lowest BCUT2D eigenvalue weighted by Gasteiger charge is -2.26. The third kappa shape index (κ3) is 5.38. The van der Waals surface area contributed by atoms with Gasteiger partial charge in [0.15, 0.2) is 0 Å². The van der Waals surface area contributed by atoms with Crippen molar-refractivity contribution in [2.45, 2.75) is 32.1 Å². The first kappa shape index (κ1) is 25.8. The molecule has 0 bridgehead atoms. The van der Waals surface area contributed by atoms with Crippen molar-refractivity contribution >= 4 is 45.6 Å². The number of carbonyl (C=O) groups is 2. The van der Waals surface area contributed by atoms with Crippen molar-refractivity contribution in [2.75, 3.05) is 25.5 Å². The van der Waals surface area contributed by atoms with Crippen LogP contribution in [-0.2, 0) is 9.59 Å². The molecule has 1 aliphatic carbocycles. The summed E-state index contributed by atoms with van der Waals surface area (Å²) in [5.74, 6) is 1.89. The van der Waals surface area contributed by atoms with Crippen LogP contribution in [0.25, 0.3) is 16.5 Å². The number of fused-ring (bicyclic) bond motifs is 1. The Hall–Kier alpha value is -3.84. The van der Waals surface area contributed by atoms with Crippen LogP contribution in [0.15, 0.2) is 61.3 Å². The molecule has 0 radical (unpaired) electrons. The molecule has 2 aromatic carbocycles. The Bertz CT molecular complexity index is 1430. The molecule has 1 aromatic heterocycles. The van der Waals surface area contributed by atoms with Crippen LogP contribution in [0.1, 0.15) is 37.7 Å². The van der Waals surface area contributed by atoms with E-state index in [1.165, 1.54) is 6.08 Å². The predicted octanol–water partition coefficient (Wildman–Crippen LogP) is 6.62. The van der Waals surface area contributed by atoms with Gasteiger partial charge < -0.3 is 19.7 Å². The molecular formula is C30H30ClN3O4. The van der Waals surface area contributed by atoms with Crippen molar-refractivity contribution < 1.29 is 19.1 Å². The van der Waals surface area contributed by atoms with Crippen molar-refractivity contribution in [1.82, 2.24) is 9.88 Å². The highest BCUT2D eigenvalue weighted by atomic mass is 35.5. The SMILES string of the molecule is C=CC(=O)N1CC=C(c2cc3c(Oc4ccc(NC(=O)C5CCCC5)c(Cl)c4)ccnc3cc2OC)CC1. The third-order valence-corrected chi connectivity index (χ3v) is 7.53. The Morgan fingerprint density at radius 2 is 1.97 bits per heavy atom. The van der Waals surface area contributed by atoms with Crippen LogP contribution in [0.5, 0.6) is 17.2 Å². The number of aromatic nitrogens is 1. The molecule has 38 heavy (non-hydrogen) atoms. The summed E-state index contributed by atoms with van der Waals surface area (Å²) in [4.78, 5) is 30.8. The maximum atomic E-state index is 12.5. The van der Waals surface area contributed by atoms with E-state index in [1.54, 1.807) is 36.4 Å². The van der Waals surface area contributed by atoms with Crippen molar-refractivity contribution in [3.05, 3.63) is 71.9 Å². The number of nitrogens with one attached hydrogen (secondary N) is 1. The highest BCUT2D eigenvalue weighted by molar-refractivity contribution is 6.33. The molecule has 7 nitrogen and oxygen atoms in total. The van der Waals surface area contributed by atoms with Gasteiger partial charge in [0.05, 0.1) is 23.3 Å². The van der Waals surface area contributed by atoms with Crippen LogP contribution < -0.4 is 14.8 Å². The van der Waals surface area contributed by atoms with Crippen LogP contribution in [0.2, 0.25) is 5.02 Å². The Morgan fingerprint density at radius 3 is 2.66 bits per heavy atom. The quantitative estimate of drug-likeness (QED) is 0.346. The number of amides is 2. The molecule has 1 N–H and O–H groups in total. The summed E-state index contributed by atoms with van der Waals surface area (Å²) >= 11 is 6.51. The van der Waals surface area contributed by atoms with Crippen LogP contribution in [-0.4, -0.2) is 41.9 Å². The first-order valence-corrected chi connectivity index (χ1v) is 13.2. The number of nitrogens with zero attached hydrogens (tertiary/aromatic N) is 2. The molecule has 0 spiro atoms. The zero-order chi connectivity index (χ0) is 26.6. The van der Waals surface area contributed by atoms with Gasteiger partial charge in [0.25, 0.3) is 0 Å². The number of hydrogen-bond acceptors (Lipinski definition) is 5. The van der Waals surface area contributed by atoms with Crippen LogP contribution in [0, 0.1) is 5.92 Å². The summed E-state index contributed by atoms with van der Waals surface area (Å²) in [6.45, 7) is 4.70. The lowest BCUT2D eigenvalue weighted by atomic mass is 9.96. The fourth-order valence-electron chi connectivity index (χ4n) is 5.11. The van der Waals surface area contributed by atoms with Crippen LogP contribution in [0.3, 0.4) is 0 Å². The largest absolute Gasteiger partial charge is 0.496 e. The summed E-state index contributed by atoms with van der Waals surface area (Å²) in [6.07, 6.45) is 9.81. The van der Waals surface area contributed by atoms with Crippen molar-refractivity contribution in [2.24, 2.45) is 5.92 Å². The molecule has 1 aliphatic heterocycles. The van der Waals surface area contributed by atoms with Gasteiger partial charge in [-0.15, -0.1) is 0 Å². The number of anilines is 1. The fourth-order valence-corrected chi connectivity index (χ4v) is 5.33. The van der Waals surface area contributed by atoms with Gasteiger partial charge in [0.2, 0.25) is 11.8 Å². The maximum Gasteiger partial charge on any atom is 0.246 e. The van der Waals surface area contributed by atoms with E-state index in [0.717, 1.165) is 47.7 Å². The van der Waals surface area contributed by atoms with Gasteiger partial charge in [-0.25, -0.2) is 0 Å². The molecule has 3 aromatic rings. The summed E-state index contributed by atoms with van der Waals surface area (Å²) in [7, 11) is 1.64. The molecule has 5 rings (SSSR count). The molecular weight excluding hydrogens is 502 g/mol. The number of carbonyl (C=O) groups excluding carboxylic acids is 2. The van der Waals surface area contributed by atoms with Gasteiger partial charge in [-0.3, -0.25) is 14.6 Å².